The Morgan fingerprint density at radius 1 is 0.941 bits per heavy atom. The fraction of sp³-hybridized carbons (Fsp3) is 0.310. The fourth-order valence-electron chi connectivity index (χ4n) is 4.21. The summed E-state index contributed by atoms with van der Waals surface area (Å²) in [6.45, 7) is 4.17. The van der Waals surface area contributed by atoms with E-state index in [4.69, 9.17) is 16.3 Å². The predicted molar refractivity (Wildman–Crippen MR) is 137 cm³/mol. The van der Waals surface area contributed by atoms with Crippen LogP contribution in [0.2, 0.25) is 5.02 Å². The molecule has 0 heterocycles. The zero-order chi connectivity index (χ0) is 24.3. The molecule has 178 valence electrons. The van der Waals surface area contributed by atoms with Gasteiger partial charge in [-0.15, -0.1) is 0 Å². The number of fused-ring (bicyclic) bond motifs is 1. The Balaban J connectivity index is 0.00000158. The van der Waals surface area contributed by atoms with Crippen molar-refractivity contribution in [1.29, 1.82) is 0 Å². The summed E-state index contributed by atoms with van der Waals surface area (Å²) in [6, 6.07) is 24.3. The maximum absolute atomic E-state index is 12.9. The zero-order valence-electron chi connectivity index (χ0n) is 19.8. The van der Waals surface area contributed by atoms with Crippen LogP contribution in [0.15, 0.2) is 78.9 Å². The van der Waals surface area contributed by atoms with Gasteiger partial charge in [-0.25, -0.2) is 4.79 Å². The predicted octanol–water partition coefficient (Wildman–Crippen LogP) is 6.26. The van der Waals surface area contributed by atoms with Crippen molar-refractivity contribution in [1.82, 2.24) is 5.32 Å². The van der Waals surface area contributed by atoms with Crippen LogP contribution < -0.4 is 5.32 Å². The molecule has 1 amide bonds. The Bertz CT molecular complexity index is 1070. The lowest BCUT2D eigenvalue weighted by Gasteiger charge is -2.19. The quantitative estimate of drug-likeness (QED) is 0.390. The molecule has 0 aromatic heterocycles. The number of benzene rings is 3. The number of carbonyl (C=O) groups excluding carboxylic acids is 2. The van der Waals surface area contributed by atoms with Gasteiger partial charge in [-0.1, -0.05) is 92.2 Å². The first kappa shape index (κ1) is 25.5. The highest BCUT2D eigenvalue weighted by Crippen LogP contribution is 2.35. The van der Waals surface area contributed by atoms with Crippen LogP contribution in [0.3, 0.4) is 0 Å². The number of hydrogen-bond acceptors (Lipinski definition) is 3. The van der Waals surface area contributed by atoms with E-state index in [1.165, 1.54) is 11.1 Å². The zero-order valence-corrected chi connectivity index (χ0v) is 20.6. The summed E-state index contributed by atoms with van der Waals surface area (Å²) in [5.74, 6) is -0.394. The molecule has 4 rings (SSSR count). The number of ether oxygens (including phenoxy) is 1. The van der Waals surface area contributed by atoms with E-state index < -0.39 is 12.0 Å². The summed E-state index contributed by atoms with van der Waals surface area (Å²) in [7, 11) is 0. The van der Waals surface area contributed by atoms with Gasteiger partial charge < -0.3 is 10.1 Å². The second kappa shape index (κ2) is 13.0. The smallest absolute Gasteiger partial charge is 0.329 e. The summed E-state index contributed by atoms with van der Waals surface area (Å²) in [6.07, 6.45) is 2.65. The first-order valence-electron chi connectivity index (χ1n) is 11.9. The monoisotopic (exact) mass is 477 g/mol. The number of esters is 1. The second-order valence-electron chi connectivity index (χ2n) is 8.18. The van der Waals surface area contributed by atoms with Crippen molar-refractivity contribution in [3.63, 3.8) is 0 Å². The molecule has 5 heteroatoms. The number of hydrogen-bond donors (Lipinski definition) is 1. The van der Waals surface area contributed by atoms with Gasteiger partial charge in [0.25, 0.3) is 0 Å². The molecule has 3 aromatic rings. The minimum Gasteiger partial charge on any atom is -0.459 e. The highest BCUT2D eigenvalue weighted by Gasteiger charge is 2.27. The van der Waals surface area contributed by atoms with Gasteiger partial charge >= 0.3 is 5.97 Å². The van der Waals surface area contributed by atoms with E-state index in [-0.39, 0.29) is 18.4 Å². The lowest BCUT2D eigenvalue weighted by molar-refractivity contribution is -0.149. The third kappa shape index (κ3) is 7.19. The summed E-state index contributed by atoms with van der Waals surface area (Å²) >= 11 is 5.99. The van der Waals surface area contributed by atoms with Crippen LogP contribution in [0.4, 0.5) is 0 Å². The molecule has 1 N–H and O–H groups in total. The van der Waals surface area contributed by atoms with Crippen LogP contribution in [0, 0.1) is 0 Å². The van der Waals surface area contributed by atoms with Gasteiger partial charge in [0.15, 0.2) is 0 Å². The van der Waals surface area contributed by atoms with Gasteiger partial charge in [-0.3, -0.25) is 4.79 Å². The number of amides is 1. The lowest BCUT2D eigenvalue weighted by Crippen LogP contribution is -2.43. The topological polar surface area (TPSA) is 55.4 Å². The molecule has 1 aliphatic rings. The number of nitrogens with one attached hydrogen (secondary N) is 1. The number of rotatable bonds is 8. The van der Waals surface area contributed by atoms with Gasteiger partial charge in [0.1, 0.15) is 12.6 Å². The van der Waals surface area contributed by atoms with Crippen LogP contribution in [-0.2, 0) is 33.8 Å². The van der Waals surface area contributed by atoms with Crippen molar-refractivity contribution in [3.05, 3.63) is 106 Å². The van der Waals surface area contributed by atoms with Crippen LogP contribution in [0.5, 0.6) is 0 Å². The first-order valence-corrected chi connectivity index (χ1v) is 12.3. The van der Waals surface area contributed by atoms with E-state index in [2.05, 4.69) is 17.4 Å². The molecule has 0 saturated carbocycles. The maximum Gasteiger partial charge on any atom is 0.329 e. The van der Waals surface area contributed by atoms with Crippen LogP contribution in [0.1, 0.15) is 54.9 Å². The number of aryl methyl sites for hydroxylation is 1. The molecule has 0 unspecified atom stereocenters. The van der Waals surface area contributed by atoms with Gasteiger partial charge in [-0.2, -0.15) is 0 Å². The van der Waals surface area contributed by atoms with E-state index in [0.29, 0.717) is 17.9 Å². The minimum absolute atomic E-state index is 0.137. The van der Waals surface area contributed by atoms with Crippen molar-refractivity contribution < 1.29 is 14.3 Å². The van der Waals surface area contributed by atoms with Crippen LogP contribution in [0.25, 0.3) is 0 Å². The Morgan fingerprint density at radius 3 is 2.35 bits per heavy atom. The van der Waals surface area contributed by atoms with E-state index in [0.717, 1.165) is 24.0 Å². The van der Waals surface area contributed by atoms with E-state index in [9.17, 15) is 9.59 Å². The van der Waals surface area contributed by atoms with Crippen LogP contribution >= 0.6 is 11.6 Å². The van der Waals surface area contributed by atoms with Crippen molar-refractivity contribution in [3.8, 4) is 0 Å². The molecule has 0 fully saturated rings. The molecule has 0 aliphatic heterocycles. The summed E-state index contributed by atoms with van der Waals surface area (Å²) in [5, 5.41) is 3.55. The molecule has 0 bridgehead atoms. The summed E-state index contributed by atoms with van der Waals surface area (Å²) in [4.78, 5) is 25.8. The SMILES string of the molecule is CC.O=C(C[C@H]1CCc2ccccc21)N[C@H](Cc1ccc(Cl)cc1)C(=O)OCc1ccccc1. The summed E-state index contributed by atoms with van der Waals surface area (Å²) < 4.78 is 5.53. The van der Waals surface area contributed by atoms with Gasteiger partial charge in [0.2, 0.25) is 5.91 Å². The van der Waals surface area contributed by atoms with Crippen molar-refractivity contribution >= 4 is 23.5 Å². The second-order valence-corrected chi connectivity index (χ2v) is 8.62. The molecule has 4 nitrogen and oxygen atoms in total. The standard InChI is InChI=1S/C27H26ClNO3.C2H6/c28-23-14-10-19(11-15-23)16-25(27(31)32-18-20-6-2-1-3-7-20)29-26(30)17-22-13-12-21-8-4-5-9-24(21)22;1-2/h1-11,14-15,22,25H,12-13,16-18H2,(H,29,30);1-2H3/t22-,25-;/m1./s1. The van der Waals surface area contributed by atoms with E-state index >= 15 is 0 Å². The molecule has 0 saturated heterocycles. The summed E-state index contributed by atoms with van der Waals surface area (Å²) in [5.41, 5.74) is 4.36. The third-order valence-corrected chi connectivity index (χ3v) is 6.14. The van der Waals surface area contributed by atoms with Gasteiger partial charge in [-0.05, 0) is 53.1 Å². The van der Waals surface area contributed by atoms with E-state index in [1.807, 2.05) is 68.4 Å². The average molecular weight is 478 g/mol. The number of carbonyl (C=O) groups is 2. The average Bonchev–Trinajstić information content (AvgIpc) is 3.28. The molecule has 3 aromatic carbocycles. The Morgan fingerprint density at radius 2 is 1.62 bits per heavy atom. The lowest BCUT2D eigenvalue weighted by atomic mass is 9.97. The van der Waals surface area contributed by atoms with Crippen molar-refractivity contribution in [2.45, 2.75) is 58.1 Å². The number of halogens is 1. The minimum atomic E-state index is -0.760. The molecule has 0 radical (unpaired) electrons. The Hall–Kier alpha value is -3.11. The normalized spacial score (nSPS) is 14.9. The van der Waals surface area contributed by atoms with Crippen LogP contribution in [-0.4, -0.2) is 17.9 Å². The van der Waals surface area contributed by atoms with Gasteiger partial charge in [0.05, 0.1) is 0 Å². The maximum atomic E-state index is 12.9. The van der Waals surface area contributed by atoms with Crippen molar-refractivity contribution in [2.24, 2.45) is 0 Å². The largest absolute Gasteiger partial charge is 0.459 e. The third-order valence-electron chi connectivity index (χ3n) is 5.89. The molecule has 34 heavy (non-hydrogen) atoms. The van der Waals surface area contributed by atoms with Crippen molar-refractivity contribution in [2.75, 3.05) is 0 Å². The molecule has 2 atom stereocenters. The van der Waals surface area contributed by atoms with Gasteiger partial charge in [0, 0.05) is 17.9 Å². The van der Waals surface area contributed by atoms with E-state index in [1.54, 1.807) is 12.1 Å². The molecular formula is C29H32ClNO3. The molecular weight excluding hydrogens is 446 g/mol. The molecule has 0 spiro atoms. The highest BCUT2D eigenvalue weighted by atomic mass is 35.5. The Kier molecular flexibility index (Phi) is 9.72. The fourth-order valence-corrected chi connectivity index (χ4v) is 4.34. The molecule has 1 aliphatic carbocycles. The first-order chi connectivity index (χ1) is 16.6. The highest BCUT2D eigenvalue weighted by molar-refractivity contribution is 6.30. The Labute approximate surface area is 207 Å².